The molecule has 0 atom stereocenters. The number of ether oxygens (including phenoxy) is 1. The van der Waals surface area contributed by atoms with Crippen LogP contribution < -0.4 is 5.73 Å². The normalized spacial score (nSPS) is 9.67. The maximum absolute atomic E-state index is 5.21. The van der Waals surface area contributed by atoms with Crippen LogP contribution in [0.3, 0.4) is 0 Å². The second-order valence-corrected chi connectivity index (χ2v) is 2.36. The summed E-state index contributed by atoms with van der Waals surface area (Å²) in [5.74, 6) is 1.41. The van der Waals surface area contributed by atoms with E-state index in [0.29, 0.717) is 13.2 Å². The summed E-state index contributed by atoms with van der Waals surface area (Å²) in [6.45, 7) is 6.34. The first-order valence-electron chi connectivity index (χ1n) is 3.34. The molecule has 2 N–H and O–H groups in total. The van der Waals surface area contributed by atoms with Gasteiger partial charge in [0.25, 0.3) is 0 Å². The summed E-state index contributed by atoms with van der Waals surface area (Å²) in [5.41, 5.74) is 5.21. The molecule has 0 rings (SSSR count). The minimum atomic E-state index is 0.628. The summed E-state index contributed by atoms with van der Waals surface area (Å²) >= 11 is 0. The summed E-state index contributed by atoms with van der Waals surface area (Å²) in [4.78, 5) is 0. The maximum Gasteiger partial charge on any atom is 0.113 e. The molecule has 0 saturated carbocycles. The van der Waals surface area contributed by atoms with Gasteiger partial charge < -0.3 is 10.5 Å². The van der Waals surface area contributed by atoms with Crippen molar-refractivity contribution >= 4 is 0 Å². The Morgan fingerprint density at radius 2 is 2.00 bits per heavy atom. The zero-order valence-corrected chi connectivity index (χ0v) is 6.31. The van der Waals surface area contributed by atoms with Crippen molar-refractivity contribution < 1.29 is 4.74 Å². The van der Waals surface area contributed by atoms with Crippen LogP contribution in [0, 0.1) is 5.92 Å². The van der Waals surface area contributed by atoms with Crippen LogP contribution in [0.15, 0.2) is 0 Å². The van der Waals surface area contributed by atoms with Gasteiger partial charge >= 0.3 is 0 Å². The molecule has 0 saturated heterocycles. The topological polar surface area (TPSA) is 35.2 Å². The van der Waals surface area contributed by atoms with Crippen molar-refractivity contribution in [2.24, 2.45) is 5.73 Å². The van der Waals surface area contributed by atoms with E-state index in [1.165, 1.54) is 5.92 Å². The van der Waals surface area contributed by atoms with Crippen LogP contribution in [0.1, 0.15) is 20.3 Å². The fraction of sp³-hybridized carbons (Fsp3) is 0.857. The van der Waals surface area contributed by atoms with Gasteiger partial charge in [0.05, 0.1) is 33.0 Å². The number of hydrogen-bond donors (Lipinski definition) is 1. The van der Waals surface area contributed by atoms with Crippen LogP contribution in [-0.4, -0.2) is 19.8 Å². The third-order valence-electron chi connectivity index (χ3n) is 1.01. The van der Waals surface area contributed by atoms with E-state index in [0.717, 1.165) is 13.0 Å². The lowest BCUT2D eigenvalue weighted by Gasteiger charge is -1.97. The molecule has 0 aromatic heterocycles. The van der Waals surface area contributed by atoms with Crippen LogP contribution >= 0.6 is 0 Å². The zero-order valence-electron chi connectivity index (χ0n) is 6.31. The summed E-state index contributed by atoms with van der Waals surface area (Å²) in [6.07, 6.45) is 1.06. The molecule has 0 spiro atoms. The third-order valence-corrected chi connectivity index (χ3v) is 1.01. The van der Waals surface area contributed by atoms with Crippen molar-refractivity contribution in [2.45, 2.75) is 20.3 Å². The molecule has 0 radical (unpaired) electrons. The Morgan fingerprint density at radius 3 is 2.44 bits per heavy atom. The van der Waals surface area contributed by atoms with E-state index >= 15 is 0 Å². The van der Waals surface area contributed by atoms with Crippen molar-refractivity contribution in [1.29, 1.82) is 0 Å². The summed E-state index contributed by atoms with van der Waals surface area (Å²) in [7, 11) is 0. The molecule has 0 aliphatic heterocycles. The second-order valence-electron chi connectivity index (χ2n) is 2.36. The SMILES string of the molecule is C[C+](C)CCOCCN. The minimum Gasteiger partial charge on any atom is -0.376 e. The molecular weight excluding hydrogens is 114 g/mol. The van der Waals surface area contributed by atoms with E-state index in [2.05, 4.69) is 13.8 Å². The van der Waals surface area contributed by atoms with Gasteiger partial charge in [-0.3, -0.25) is 0 Å². The Labute approximate surface area is 57.4 Å². The average molecular weight is 130 g/mol. The molecule has 2 heteroatoms. The molecule has 0 aromatic carbocycles. The highest BCUT2D eigenvalue weighted by atomic mass is 16.5. The van der Waals surface area contributed by atoms with Crippen LogP contribution in [0.25, 0.3) is 0 Å². The highest BCUT2D eigenvalue weighted by Crippen LogP contribution is 2.00. The second kappa shape index (κ2) is 5.92. The smallest absolute Gasteiger partial charge is 0.113 e. The van der Waals surface area contributed by atoms with E-state index in [1.807, 2.05) is 0 Å². The number of hydrogen-bond acceptors (Lipinski definition) is 2. The molecule has 0 unspecified atom stereocenters. The Kier molecular flexibility index (Phi) is 5.78. The lowest BCUT2D eigenvalue weighted by Crippen LogP contribution is -2.09. The zero-order chi connectivity index (χ0) is 7.11. The van der Waals surface area contributed by atoms with E-state index in [4.69, 9.17) is 10.5 Å². The molecule has 0 bridgehead atoms. The van der Waals surface area contributed by atoms with Gasteiger partial charge in [0.15, 0.2) is 0 Å². The first-order chi connectivity index (χ1) is 4.27. The predicted octanol–water partition coefficient (Wildman–Crippen LogP) is 0.966. The van der Waals surface area contributed by atoms with Gasteiger partial charge in [0.1, 0.15) is 6.42 Å². The molecule has 54 valence electrons. The van der Waals surface area contributed by atoms with Crippen molar-refractivity contribution in [3.63, 3.8) is 0 Å². The highest BCUT2D eigenvalue weighted by molar-refractivity contribution is 4.75. The monoisotopic (exact) mass is 130 g/mol. The quantitative estimate of drug-likeness (QED) is 0.444. The fourth-order valence-corrected chi connectivity index (χ4v) is 0.462. The molecule has 0 amide bonds. The van der Waals surface area contributed by atoms with E-state index < -0.39 is 0 Å². The number of nitrogens with two attached hydrogens (primary N) is 1. The molecule has 0 aliphatic rings. The van der Waals surface area contributed by atoms with Crippen molar-refractivity contribution in [3.05, 3.63) is 5.92 Å². The van der Waals surface area contributed by atoms with Gasteiger partial charge in [-0.05, 0) is 0 Å². The average Bonchev–Trinajstić information content (AvgIpc) is 1.80. The molecule has 2 nitrogen and oxygen atoms in total. The molecule has 0 fully saturated rings. The summed E-state index contributed by atoms with van der Waals surface area (Å²) in [5, 5.41) is 0. The summed E-state index contributed by atoms with van der Waals surface area (Å²) < 4.78 is 5.15. The minimum absolute atomic E-state index is 0.628. The molecule has 9 heavy (non-hydrogen) atoms. The Bertz CT molecular complexity index is 54.9. The molecule has 0 aromatic rings. The Hall–Kier alpha value is -0.210. The van der Waals surface area contributed by atoms with Crippen LogP contribution in [0.5, 0.6) is 0 Å². The lowest BCUT2D eigenvalue weighted by molar-refractivity contribution is 0.141. The van der Waals surface area contributed by atoms with Gasteiger partial charge in [0, 0.05) is 6.54 Å². The van der Waals surface area contributed by atoms with Crippen molar-refractivity contribution in [1.82, 2.24) is 0 Å². The van der Waals surface area contributed by atoms with Gasteiger partial charge in [-0.25, -0.2) is 0 Å². The van der Waals surface area contributed by atoms with Gasteiger partial charge in [-0.15, -0.1) is 0 Å². The molecule has 0 heterocycles. The maximum atomic E-state index is 5.21. The molecular formula is C7H16NO+. The Balaban J connectivity index is 2.75. The highest BCUT2D eigenvalue weighted by Gasteiger charge is 2.01. The largest absolute Gasteiger partial charge is 0.376 e. The van der Waals surface area contributed by atoms with Crippen LogP contribution in [-0.2, 0) is 4.74 Å². The van der Waals surface area contributed by atoms with Crippen LogP contribution in [0.2, 0.25) is 0 Å². The predicted molar refractivity (Wildman–Crippen MR) is 39.1 cm³/mol. The van der Waals surface area contributed by atoms with Crippen molar-refractivity contribution in [2.75, 3.05) is 19.8 Å². The first-order valence-corrected chi connectivity index (χ1v) is 3.34. The standard InChI is InChI=1S/C7H16NO/c1-7(2)3-5-9-6-4-8/h3-6,8H2,1-2H3/q+1. The van der Waals surface area contributed by atoms with E-state index in [9.17, 15) is 0 Å². The van der Waals surface area contributed by atoms with Gasteiger partial charge in [0.2, 0.25) is 0 Å². The summed E-state index contributed by atoms with van der Waals surface area (Å²) in [6, 6.07) is 0. The molecule has 0 aliphatic carbocycles. The lowest BCUT2D eigenvalue weighted by atomic mass is 10.1. The Morgan fingerprint density at radius 1 is 1.33 bits per heavy atom. The number of rotatable bonds is 5. The van der Waals surface area contributed by atoms with Crippen molar-refractivity contribution in [3.8, 4) is 0 Å². The van der Waals surface area contributed by atoms with Crippen LogP contribution in [0.4, 0.5) is 0 Å². The fourth-order valence-electron chi connectivity index (χ4n) is 0.462. The van der Waals surface area contributed by atoms with E-state index in [1.54, 1.807) is 0 Å². The third kappa shape index (κ3) is 7.79. The van der Waals surface area contributed by atoms with Gasteiger partial charge in [-0.1, -0.05) is 0 Å². The van der Waals surface area contributed by atoms with Gasteiger partial charge in [-0.2, -0.15) is 0 Å². The first kappa shape index (κ1) is 8.79. The van der Waals surface area contributed by atoms with E-state index in [-0.39, 0.29) is 0 Å².